The predicted octanol–water partition coefficient (Wildman–Crippen LogP) is 5.79. The lowest BCUT2D eigenvalue weighted by atomic mass is 9.70. The van der Waals surface area contributed by atoms with Crippen LogP contribution >= 0.6 is 27.3 Å². The van der Waals surface area contributed by atoms with Crippen molar-refractivity contribution in [3.63, 3.8) is 0 Å². The number of carbonyl (C=O) groups is 1. The molecule has 0 saturated heterocycles. The van der Waals surface area contributed by atoms with E-state index < -0.39 is 0 Å². The Morgan fingerprint density at radius 2 is 2.04 bits per heavy atom. The highest BCUT2D eigenvalue weighted by molar-refractivity contribution is 9.10. The van der Waals surface area contributed by atoms with Crippen molar-refractivity contribution in [2.24, 2.45) is 5.41 Å². The first kappa shape index (κ1) is 17.5. The van der Waals surface area contributed by atoms with Crippen LogP contribution in [0, 0.1) is 16.7 Å². The summed E-state index contributed by atoms with van der Waals surface area (Å²) in [5, 5.41) is 14.3. The monoisotopic (exact) mass is 426 g/mol. The SMILES string of the molecule is CC1=C(C#N)C(c2sc3ccccc3c2Br)C2=C(CC(C)(C)CC2=O)N1. The molecule has 5 heteroatoms. The van der Waals surface area contributed by atoms with E-state index in [1.165, 1.54) is 0 Å². The minimum absolute atomic E-state index is 0.0602. The Labute approximate surface area is 165 Å². The number of benzene rings is 1. The molecule has 1 N–H and O–H groups in total. The van der Waals surface area contributed by atoms with Crippen LogP contribution < -0.4 is 5.32 Å². The highest BCUT2D eigenvalue weighted by Crippen LogP contribution is 2.51. The molecule has 132 valence electrons. The molecule has 2 heterocycles. The van der Waals surface area contributed by atoms with E-state index in [1.807, 2.05) is 19.1 Å². The van der Waals surface area contributed by atoms with E-state index in [0.717, 1.165) is 42.8 Å². The quantitative estimate of drug-likeness (QED) is 0.627. The number of thiophene rings is 1. The van der Waals surface area contributed by atoms with Gasteiger partial charge in [-0.05, 0) is 40.8 Å². The van der Waals surface area contributed by atoms with Gasteiger partial charge in [-0.3, -0.25) is 4.79 Å². The Balaban J connectivity index is 1.97. The number of fused-ring (bicyclic) bond motifs is 1. The molecule has 1 aliphatic carbocycles. The van der Waals surface area contributed by atoms with Gasteiger partial charge in [0.25, 0.3) is 0 Å². The first-order valence-corrected chi connectivity index (χ1v) is 10.2. The third-order valence-corrected chi connectivity index (χ3v) is 7.53. The summed E-state index contributed by atoms with van der Waals surface area (Å²) in [5.74, 6) is -0.134. The van der Waals surface area contributed by atoms with E-state index in [1.54, 1.807) is 11.3 Å². The first-order valence-electron chi connectivity index (χ1n) is 8.63. The van der Waals surface area contributed by atoms with Gasteiger partial charge in [0.15, 0.2) is 5.78 Å². The number of nitriles is 1. The topological polar surface area (TPSA) is 52.9 Å². The largest absolute Gasteiger partial charge is 0.361 e. The number of hydrogen-bond acceptors (Lipinski definition) is 4. The van der Waals surface area contributed by atoms with E-state index >= 15 is 0 Å². The van der Waals surface area contributed by atoms with Gasteiger partial charge >= 0.3 is 0 Å². The van der Waals surface area contributed by atoms with E-state index in [-0.39, 0.29) is 17.1 Å². The third kappa shape index (κ3) is 2.64. The van der Waals surface area contributed by atoms with Crippen molar-refractivity contribution in [1.29, 1.82) is 5.26 Å². The van der Waals surface area contributed by atoms with Crippen molar-refractivity contribution < 1.29 is 4.79 Å². The van der Waals surface area contributed by atoms with E-state index in [4.69, 9.17) is 0 Å². The number of rotatable bonds is 1. The summed E-state index contributed by atoms with van der Waals surface area (Å²) in [5.41, 5.74) is 3.20. The molecule has 1 aromatic heterocycles. The highest BCUT2D eigenvalue weighted by Gasteiger charge is 2.42. The highest BCUT2D eigenvalue weighted by atomic mass is 79.9. The summed E-state index contributed by atoms with van der Waals surface area (Å²) in [7, 11) is 0. The molecule has 0 saturated carbocycles. The van der Waals surface area contributed by atoms with Crippen LogP contribution in [0.1, 0.15) is 44.4 Å². The maximum Gasteiger partial charge on any atom is 0.162 e. The van der Waals surface area contributed by atoms with Crippen LogP contribution in [0.2, 0.25) is 0 Å². The van der Waals surface area contributed by atoms with Crippen LogP contribution in [0.3, 0.4) is 0 Å². The standard InChI is InChI=1S/C21H19BrN2OS/c1-11-13(10-23)17(18-14(24-11)8-21(2,3)9-15(18)25)20-19(22)12-6-4-5-7-16(12)26-20/h4-7,17,24H,8-9H2,1-3H3. The van der Waals surface area contributed by atoms with Crippen molar-refractivity contribution in [2.45, 2.75) is 39.5 Å². The summed E-state index contributed by atoms with van der Waals surface area (Å²) in [6.07, 6.45) is 1.34. The number of hydrogen-bond donors (Lipinski definition) is 1. The number of carbonyl (C=O) groups excluding carboxylic acids is 1. The van der Waals surface area contributed by atoms with Crippen LogP contribution in [0.15, 0.2) is 51.3 Å². The molecule has 26 heavy (non-hydrogen) atoms. The lowest BCUT2D eigenvalue weighted by Gasteiger charge is -2.38. The summed E-state index contributed by atoms with van der Waals surface area (Å²) >= 11 is 5.41. The molecule has 1 atom stereocenters. The second kappa shape index (κ2) is 6.07. The van der Waals surface area contributed by atoms with E-state index in [9.17, 15) is 10.1 Å². The second-order valence-electron chi connectivity index (χ2n) is 7.82. The van der Waals surface area contributed by atoms with Gasteiger partial charge in [0.05, 0.1) is 17.6 Å². The normalized spacial score (nSPS) is 22.3. The number of ketones is 1. The maximum atomic E-state index is 13.1. The molecule has 0 fully saturated rings. The van der Waals surface area contributed by atoms with Gasteiger partial charge in [-0.25, -0.2) is 0 Å². The molecule has 1 aromatic carbocycles. The molecule has 0 bridgehead atoms. The number of halogens is 1. The summed E-state index contributed by atoms with van der Waals surface area (Å²) < 4.78 is 2.16. The molecule has 1 aliphatic heterocycles. The molecule has 0 radical (unpaired) electrons. The van der Waals surface area contributed by atoms with Gasteiger partial charge in [0, 0.05) is 42.8 Å². The third-order valence-electron chi connectivity index (χ3n) is 5.18. The second-order valence-corrected chi connectivity index (χ2v) is 9.69. The van der Waals surface area contributed by atoms with Crippen LogP contribution in [0.25, 0.3) is 10.1 Å². The van der Waals surface area contributed by atoms with Gasteiger partial charge in [0.2, 0.25) is 0 Å². The number of nitrogens with zero attached hydrogens (tertiary/aromatic N) is 1. The van der Waals surface area contributed by atoms with Crippen LogP contribution in [0.4, 0.5) is 0 Å². The molecule has 4 rings (SSSR count). The molecule has 2 aliphatic rings. The van der Waals surface area contributed by atoms with E-state index in [0.29, 0.717) is 12.0 Å². The zero-order chi connectivity index (χ0) is 18.6. The van der Waals surface area contributed by atoms with Crippen LogP contribution in [-0.2, 0) is 4.79 Å². The Kier molecular flexibility index (Phi) is 4.09. The fraction of sp³-hybridized carbons (Fsp3) is 0.333. The van der Waals surface area contributed by atoms with E-state index in [2.05, 4.69) is 53.3 Å². The Morgan fingerprint density at radius 1 is 1.31 bits per heavy atom. The number of dihydropyridines is 1. The van der Waals surface area contributed by atoms with Crippen molar-refractivity contribution in [3.05, 3.63) is 56.2 Å². The van der Waals surface area contributed by atoms with Crippen molar-refractivity contribution in [3.8, 4) is 6.07 Å². The Bertz CT molecular complexity index is 1050. The molecule has 2 aromatic rings. The number of allylic oxidation sites excluding steroid dienone is 4. The predicted molar refractivity (Wildman–Crippen MR) is 109 cm³/mol. The molecule has 0 amide bonds. The van der Waals surface area contributed by atoms with Gasteiger partial charge in [-0.15, -0.1) is 11.3 Å². The summed E-state index contributed by atoms with van der Waals surface area (Å²) in [4.78, 5) is 14.1. The molecule has 3 nitrogen and oxygen atoms in total. The Hall–Kier alpha value is -1.90. The fourth-order valence-corrected chi connectivity index (χ4v) is 6.23. The lowest BCUT2D eigenvalue weighted by molar-refractivity contribution is -0.118. The fourth-order valence-electron chi connectivity index (χ4n) is 4.06. The molecule has 1 unspecified atom stereocenters. The minimum Gasteiger partial charge on any atom is -0.361 e. The van der Waals surface area contributed by atoms with Crippen molar-refractivity contribution in [1.82, 2.24) is 5.32 Å². The number of Topliss-reactive ketones (excluding diaryl/α,β-unsaturated/α-hetero) is 1. The average Bonchev–Trinajstić information content (AvgIpc) is 2.89. The van der Waals surface area contributed by atoms with Crippen molar-refractivity contribution in [2.75, 3.05) is 0 Å². The minimum atomic E-state index is -0.286. The molecular weight excluding hydrogens is 408 g/mol. The van der Waals surface area contributed by atoms with Crippen LogP contribution in [0.5, 0.6) is 0 Å². The average molecular weight is 427 g/mol. The van der Waals surface area contributed by atoms with Crippen molar-refractivity contribution >= 4 is 43.1 Å². The summed E-state index contributed by atoms with van der Waals surface area (Å²) in [6.45, 7) is 6.18. The summed E-state index contributed by atoms with van der Waals surface area (Å²) in [6, 6.07) is 10.5. The molecule has 0 spiro atoms. The first-order chi connectivity index (χ1) is 12.3. The van der Waals surface area contributed by atoms with Gasteiger partial charge in [-0.2, -0.15) is 5.26 Å². The zero-order valence-electron chi connectivity index (χ0n) is 14.9. The van der Waals surface area contributed by atoms with Gasteiger partial charge < -0.3 is 5.32 Å². The van der Waals surface area contributed by atoms with Gasteiger partial charge in [-0.1, -0.05) is 32.0 Å². The Morgan fingerprint density at radius 3 is 2.73 bits per heavy atom. The number of nitrogens with one attached hydrogen (secondary N) is 1. The molecular formula is C21H19BrN2OS. The zero-order valence-corrected chi connectivity index (χ0v) is 17.3. The van der Waals surface area contributed by atoms with Crippen LogP contribution in [-0.4, -0.2) is 5.78 Å². The lowest BCUT2D eigenvalue weighted by Crippen LogP contribution is -2.36. The maximum absolute atomic E-state index is 13.1. The smallest absolute Gasteiger partial charge is 0.162 e. The van der Waals surface area contributed by atoms with Gasteiger partial charge in [0.1, 0.15) is 0 Å².